The van der Waals surface area contributed by atoms with Crippen LogP contribution < -0.4 is 5.32 Å². The van der Waals surface area contributed by atoms with Crippen LogP contribution >= 0.6 is 23.1 Å². The first-order valence-electron chi connectivity index (χ1n) is 5.08. The summed E-state index contributed by atoms with van der Waals surface area (Å²) >= 11 is 3.75. The lowest BCUT2D eigenvalue weighted by Crippen LogP contribution is -2.38. The Bertz CT molecular complexity index is 261. The minimum atomic E-state index is 0.676. The predicted octanol–water partition coefficient (Wildman–Crippen LogP) is 2.52. The number of nitrogens with zero attached hydrogens (tertiary/aromatic N) is 1. The van der Waals surface area contributed by atoms with E-state index in [0.29, 0.717) is 6.04 Å². The Morgan fingerprint density at radius 2 is 2.57 bits per heavy atom. The first-order chi connectivity index (χ1) is 6.86. The van der Waals surface area contributed by atoms with E-state index in [9.17, 15) is 0 Å². The molecule has 1 aliphatic heterocycles. The molecule has 0 saturated carbocycles. The third-order valence-electron chi connectivity index (χ3n) is 2.64. The maximum absolute atomic E-state index is 4.27. The van der Waals surface area contributed by atoms with E-state index in [2.05, 4.69) is 34.4 Å². The molecular formula is C10H16N2S2. The standard InChI is InChI=1S/C10H16N2S2/c1-8-10(3-2-4-14-8)11-5-9-6-13-7-12-9/h6-8,10-11H,2-5H2,1H3. The second kappa shape index (κ2) is 5.14. The van der Waals surface area contributed by atoms with Crippen LogP contribution in [0.25, 0.3) is 0 Å². The fourth-order valence-corrected chi connectivity index (χ4v) is 3.48. The van der Waals surface area contributed by atoms with Crippen molar-refractivity contribution in [3.63, 3.8) is 0 Å². The van der Waals surface area contributed by atoms with E-state index >= 15 is 0 Å². The highest BCUT2D eigenvalue weighted by atomic mass is 32.2. The highest BCUT2D eigenvalue weighted by Crippen LogP contribution is 2.25. The summed E-state index contributed by atoms with van der Waals surface area (Å²) in [5.74, 6) is 1.33. The van der Waals surface area contributed by atoms with Gasteiger partial charge in [0.05, 0.1) is 11.2 Å². The number of thiazole rings is 1. The van der Waals surface area contributed by atoms with E-state index in [0.717, 1.165) is 11.8 Å². The van der Waals surface area contributed by atoms with Crippen molar-refractivity contribution in [2.75, 3.05) is 5.75 Å². The van der Waals surface area contributed by atoms with Crippen LogP contribution in [0.4, 0.5) is 0 Å². The highest BCUT2D eigenvalue weighted by molar-refractivity contribution is 7.99. The Kier molecular flexibility index (Phi) is 3.84. The normalized spacial score (nSPS) is 27.8. The molecule has 1 saturated heterocycles. The van der Waals surface area contributed by atoms with Crippen molar-refractivity contribution in [3.05, 3.63) is 16.6 Å². The molecule has 1 fully saturated rings. The van der Waals surface area contributed by atoms with Gasteiger partial charge in [-0.1, -0.05) is 6.92 Å². The van der Waals surface area contributed by atoms with Crippen LogP contribution in [0.1, 0.15) is 25.5 Å². The molecule has 1 aromatic rings. The molecular weight excluding hydrogens is 212 g/mol. The molecule has 4 heteroatoms. The van der Waals surface area contributed by atoms with Crippen molar-refractivity contribution in [1.82, 2.24) is 10.3 Å². The van der Waals surface area contributed by atoms with Crippen molar-refractivity contribution in [2.24, 2.45) is 0 Å². The van der Waals surface area contributed by atoms with Gasteiger partial charge in [0.2, 0.25) is 0 Å². The average Bonchev–Trinajstić information content (AvgIpc) is 2.69. The summed E-state index contributed by atoms with van der Waals surface area (Å²) < 4.78 is 0. The van der Waals surface area contributed by atoms with Crippen molar-refractivity contribution < 1.29 is 0 Å². The molecule has 14 heavy (non-hydrogen) atoms. The predicted molar refractivity (Wildman–Crippen MR) is 63.9 cm³/mol. The van der Waals surface area contributed by atoms with E-state index in [1.54, 1.807) is 11.3 Å². The Morgan fingerprint density at radius 3 is 3.29 bits per heavy atom. The minimum Gasteiger partial charge on any atom is -0.307 e. The largest absolute Gasteiger partial charge is 0.307 e. The van der Waals surface area contributed by atoms with Crippen LogP contribution in [0.2, 0.25) is 0 Å². The maximum Gasteiger partial charge on any atom is 0.0795 e. The van der Waals surface area contributed by atoms with Gasteiger partial charge >= 0.3 is 0 Å². The van der Waals surface area contributed by atoms with Crippen LogP contribution in [0.15, 0.2) is 10.9 Å². The lowest BCUT2D eigenvalue weighted by Gasteiger charge is -2.28. The third-order valence-corrected chi connectivity index (χ3v) is 4.65. The molecule has 0 spiro atoms. The maximum atomic E-state index is 4.27. The van der Waals surface area contributed by atoms with Crippen LogP contribution in [-0.4, -0.2) is 22.0 Å². The molecule has 1 aliphatic rings. The van der Waals surface area contributed by atoms with Gasteiger partial charge in [-0.3, -0.25) is 0 Å². The highest BCUT2D eigenvalue weighted by Gasteiger charge is 2.20. The summed E-state index contributed by atoms with van der Waals surface area (Å²) in [6, 6.07) is 0.676. The molecule has 78 valence electrons. The lowest BCUT2D eigenvalue weighted by atomic mass is 10.1. The van der Waals surface area contributed by atoms with Crippen molar-refractivity contribution in [1.29, 1.82) is 0 Å². The monoisotopic (exact) mass is 228 g/mol. The molecule has 0 aromatic carbocycles. The van der Waals surface area contributed by atoms with Crippen molar-refractivity contribution in [3.8, 4) is 0 Å². The molecule has 2 heterocycles. The average molecular weight is 228 g/mol. The van der Waals surface area contributed by atoms with Gasteiger partial charge in [-0.25, -0.2) is 4.98 Å². The zero-order chi connectivity index (χ0) is 9.80. The first-order valence-corrected chi connectivity index (χ1v) is 7.07. The topological polar surface area (TPSA) is 24.9 Å². The Hall–Kier alpha value is -0.0600. The first kappa shape index (κ1) is 10.5. The number of rotatable bonds is 3. The quantitative estimate of drug-likeness (QED) is 0.860. The summed E-state index contributed by atoms with van der Waals surface area (Å²) in [7, 11) is 0. The van der Waals surface area contributed by atoms with Gasteiger partial charge in [0, 0.05) is 23.2 Å². The zero-order valence-corrected chi connectivity index (χ0v) is 10.0. The number of hydrogen-bond donors (Lipinski definition) is 1. The van der Waals surface area contributed by atoms with E-state index in [-0.39, 0.29) is 0 Å². The number of thioether (sulfide) groups is 1. The lowest BCUT2D eigenvalue weighted by molar-refractivity contribution is 0.459. The summed E-state index contributed by atoms with van der Waals surface area (Å²) in [6.45, 7) is 3.25. The fraction of sp³-hybridized carbons (Fsp3) is 0.700. The number of nitrogens with one attached hydrogen (secondary N) is 1. The fourth-order valence-electron chi connectivity index (χ4n) is 1.75. The van der Waals surface area contributed by atoms with E-state index in [4.69, 9.17) is 0 Å². The molecule has 1 N–H and O–H groups in total. The van der Waals surface area contributed by atoms with Gasteiger partial charge in [0.1, 0.15) is 0 Å². The SMILES string of the molecule is CC1SCCCC1NCc1cscn1. The van der Waals surface area contributed by atoms with Crippen LogP contribution in [0.5, 0.6) is 0 Å². The van der Waals surface area contributed by atoms with E-state index in [1.807, 2.05) is 5.51 Å². The van der Waals surface area contributed by atoms with Crippen molar-refractivity contribution >= 4 is 23.1 Å². The van der Waals surface area contributed by atoms with Crippen molar-refractivity contribution in [2.45, 2.75) is 37.6 Å². The summed E-state index contributed by atoms with van der Waals surface area (Å²) in [5, 5.41) is 6.47. The summed E-state index contributed by atoms with van der Waals surface area (Å²) in [6.07, 6.45) is 2.67. The summed E-state index contributed by atoms with van der Waals surface area (Å²) in [4.78, 5) is 4.27. The van der Waals surface area contributed by atoms with E-state index < -0.39 is 0 Å². The Morgan fingerprint density at radius 1 is 1.64 bits per heavy atom. The van der Waals surface area contributed by atoms with Crippen LogP contribution in [0, 0.1) is 0 Å². The summed E-state index contributed by atoms with van der Waals surface area (Å²) in [5.41, 5.74) is 3.08. The smallest absolute Gasteiger partial charge is 0.0795 e. The third kappa shape index (κ3) is 2.72. The molecule has 2 atom stereocenters. The minimum absolute atomic E-state index is 0.676. The molecule has 2 nitrogen and oxygen atoms in total. The van der Waals surface area contributed by atoms with E-state index in [1.165, 1.54) is 24.3 Å². The van der Waals surface area contributed by atoms with Crippen LogP contribution in [0.3, 0.4) is 0 Å². The second-order valence-electron chi connectivity index (χ2n) is 3.69. The van der Waals surface area contributed by atoms with Gasteiger partial charge < -0.3 is 5.32 Å². The van der Waals surface area contributed by atoms with Gasteiger partial charge in [0.25, 0.3) is 0 Å². The van der Waals surface area contributed by atoms with Gasteiger partial charge in [-0.15, -0.1) is 11.3 Å². The van der Waals surface area contributed by atoms with Gasteiger partial charge in [0.15, 0.2) is 0 Å². The molecule has 1 aromatic heterocycles. The molecule has 0 bridgehead atoms. The molecule has 0 radical (unpaired) electrons. The zero-order valence-electron chi connectivity index (χ0n) is 8.40. The van der Waals surface area contributed by atoms with Gasteiger partial charge in [-0.2, -0.15) is 11.8 Å². The van der Waals surface area contributed by atoms with Crippen LogP contribution in [-0.2, 0) is 6.54 Å². The molecule has 0 aliphatic carbocycles. The Balaban J connectivity index is 1.79. The number of aromatic nitrogens is 1. The van der Waals surface area contributed by atoms with Gasteiger partial charge in [-0.05, 0) is 18.6 Å². The number of hydrogen-bond acceptors (Lipinski definition) is 4. The molecule has 2 rings (SSSR count). The molecule has 2 unspecified atom stereocenters. The second-order valence-corrected chi connectivity index (χ2v) is 5.89. The Labute approximate surface area is 93.5 Å². The molecule has 0 amide bonds.